The number of nitrogens with zero attached hydrogens (tertiary/aromatic N) is 1. The molecule has 1 heterocycles. The number of thiophene rings is 1. The van der Waals surface area contributed by atoms with E-state index >= 15 is 0 Å². The van der Waals surface area contributed by atoms with Crippen LogP contribution in [0, 0.1) is 11.3 Å². The number of aldehydes is 1. The van der Waals surface area contributed by atoms with E-state index in [4.69, 9.17) is 5.26 Å². The molecule has 0 amide bonds. The predicted molar refractivity (Wildman–Crippen MR) is 61.5 cm³/mol. The molecule has 78 valence electrons. The summed E-state index contributed by atoms with van der Waals surface area (Å²) in [5, 5.41) is 20.0. The van der Waals surface area contributed by atoms with Gasteiger partial charge in [0, 0.05) is 0 Å². The number of aromatic hydroxyl groups is 1. The minimum atomic E-state index is -0.0427. The first-order valence-electron chi connectivity index (χ1n) is 4.52. The van der Waals surface area contributed by atoms with Crippen LogP contribution in [0.15, 0.2) is 29.6 Å². The van der Waals surface area contributed by atoms with Gasteiger partial charge in [0.2, 0.25) is 0 Å². The van der Waals surface area contributed by atoms with Crippen molar-refractivity contribution in [3.63, 3.8) is 0 Å². The average Bonchev–Trinajstić information content (AvgIpc) is 2.77. The van der Waals surface area contributed by atoms with Crippen LogP contribution in [0.1, 0.15) is 15.2 Å². The molecule has 0 aliphatic heterocycles. The standard InChI is InChI=1S/C12H7NO2S/c13-5-9-2-1-8(4-12(9)15)10-3-11(6-14)16-7-10/h1-4,6-7,15H. The molecule has 4 heteroatoms. The first-order chi connectivity index (χ1) is 7.74. The highest BCUT2D eigenvalue weighted by atomic mass is 32.1. The molecule has 0 aliphatic carbocycles. The quantitative estimate of drug-likeness (QED) is 0.805. The van der Waals surface area contributed by atoms with Crippen LogP contribution in [-0.2, 0) is 0 Å². The van der Waals surface area contributed by atoms with E-state index in [2.05, 4.69) is 0 Å². The summed E-state index contributed by atoms with van der Waals surface area (Å²) in [5.74, 6) is -0.0427. The van der Waals surface area contributed by atoms with Crippen LogP contribution < -0.4 is 0 Å². The van der Waals surface area contributed by atoms with Gasteiger partial charge in [-0.2, -0.15) is 5.26 Å². The Bertz CT molecular complexity index is 581. The maximum Gasteiger partial charge on any atom is 0.160 e. The summed E-state index contributed by atoms with van der Waals surface area (Å²) in [4.78, 5) is 11.2. The van der Waals surface area contributed by atoms with Crippen molar-refractivity contribution in [3.8, 4) is 22.9 Å². The minimum absolute atomic E-state index is 0.0427. The Labute approximate surface area is 96.2 Å². The van der Waals surface area contributed by atoms with Crippen LogP contribution in [0.3, 0.4) is 0 Å². The molecule has 0 radical (unpaired) electrons. The largest absolute Gasteiger partial charge is 0.507 e. The van der Waals surface area contributed by atoms with E-state index in [0.29, 0.717) is 4.88 Å². The molecule has 2 rings (SSSR count). The summed E-state index contributed by atoms with van der Waals surface area (Å²) in [5.41, 5.74) is 1.90. The van der Waals surface area contributed by atoms with Gasteiger partial charge in [-0.3, -0.25) is 4.79 Å². The Hall–Kier alpha value is -2.12. The Morgan fingerprint density at radius 1 is 1.31 bits per heavy atom. The number of phenolic OH excluding ortho intramolecular Hbond substituents is 1. The van der Waals surface area contributed by atoms with E-state index in [1.807, 2.05) is 11.4 Å². The minimum Gasteiger partial charge on any atom is -0.507 e. The number of benzene rings is 1. The van der Waals surface area contributed by atoms with Gasteiger partial charge in [-0.25, -0.2) is 0 Å². The number of phenols is 1. The van der Waals surface area contributed by atoms with Crippen LogP contribution in [0.2, 0.25) is 0 Å². The Balaban J connectivity index is 2.45. The molecule has 0 spiro atoms. The number of hydrogen-bond acceptors (Lipinski definition) is 4. The van der Waals surface area contributed by atoms with Gasteiger partial charge in [-0.1, -0.05) is 6.07 Å². The maximum atomic E-state index is 10.5. The van der Waals surface area contributed by atoms with Crippen LogP contribution in [0.4, 0.5) is 0 Å². The van der Waals surface area contributed by atoms with Crippen LogP contribution >= 0.6 is 11.3 Å². The van der Waals surface area contributed by atoms with E-state index in [0.717, 1.165) is 17.4 Å². The number of carbonyl (C=O) groups is 1. The van der Waals surface area contributed by atoms with Crippen molar-refractivity contribution in [1.82, 2.24) is 0 Å². The summed E-state index contributed by atoms with van der Waals surface area (Å²) >= 11 is 1.35. The lowest BCUT2D eigenvalue weighted by molar-refractivity contribution is 0.112. The van der Waals surface area contributed by atoms with E-state index in [9.17, 15) is 9.90 Å². The lowest BCUT2D eigenvalue weighted by Gasteiger charge is -2.00. The third kappa shape index (κ3) is 1.81. The molecule has 0 fully saturated rings. The predicted octanol–water partition coefficient (Wildman–Crippen LogP) is 2.80. The van der Waals surface area contributed by atoms with E-state index in [1.165, 1.54) is 17.4 Å². The molecule has 0 saturated heterocycles. The molecule has 0 atom stereocenters. The SMILES string of the molecule is N#Cc1ccc(-c2csc(C=O)c2)cc1O. The van der Waals surface area contributed by atoms with E-state index < -0.39 is 0 Å². The Morgan fingerprint density at radius 2 is 2.12 bits per heavy atom. The van der Waals surface area contributed by atoms with Crippen molar-refractivity contribution in [3.05, 3.63) is 40.1 Å². The molecule has 2 aromatic rings. The lowest BCUT2D eigenvalue weighted by atomic mass is 10.1. The highest BCUT2D eigenvalue weighted by Crippen LogP contribution is 2.29. The first-order valence-corrected chi connectivity index (χ1v) is 5.40. The van der Waals surface area contributed by atoms with Crippen LogP contribution in [-0.4, -0.2) is 11.4 Å². The molecule has 0 unspecified atom stereocenters. The topological polar surface area (TPSA) is 61.1 Å². The van der Waals surface area contributed by atoms with Gasteiger partial charge < -0.3 is 5.11 Å². The number of carbonyl (C=O) groups excluding carboxylic acids is 1. The van der Waals surface area contributed by atoms with Crippen molar-refractivity contribution in [2.75, 3.05) is 0 Å². The fourth-order valence-electron chi connectivity index (χ4n) is 1.37. The smallest absolute Gasteiger partial charge is 0.160 e. The molecule has 16 heavy (non-hydrogen) atoms. The molecule has 1 aromatic carbocycles. The van der Waals surface area contributed by atoms with Crippen LogP contribution in [0.5, 0.6) is 5.75 Å². The number of rotatable bonds is 2. The van der Waals surface area contributed by atoms with Crippen LogP contribution in [0.25, 0.3) is 11.1 Å². The van der Waals surface area contributed by atoms with Gasteiger partial charge in [-0.15, -0.1) is 11.3 Å². The van der Waals surface area contributed by atoms with Gasteiger partial charge in [-0.05, 0) is 34.7 Å². The molecule has 0 bridgehead atoms. The fraction of sp³-hybridized carbons (Fsp3) is 0. The summed E-state index contributed by atoms with van der Waals surface area (Å²) in [6.45, 7) is 0. The Morgan fingerprint density at radius 3 is 2.69 bits per heavy atom. The van der Waals surface area contributed by atoms with E-state index in [1.54, 1.807) is 18.2 Å². The molecular weight excluding hydrogens is 222 g/mol. The lowest BCUT2D eigenvalue weighted by Crippen LogP contribution is -1.79. The zero-order valence-electron chi connectivity index (χ0n) is 8.18. The summed E-state index contributed by atoms with van der Waals surface area (Å²) < 4.78 is 0. The second-order valence-electron chi connectivity index (χ2n) is 3.20. The second-order valence-corrected chi connectivity index (χ2v) is 4.14. The van der Waals surface area contributed by atoms with Gasteiger partial charge in [0.25, 0.3) is 0 Å². The zero-order chi connectivity index (χ0) is 11.5. The third-order valence-electron chi connectivity index (χ3n) is 2.19. The van der Waals surface area contributed by atoms with Crippen molar-refractivity contribution in [1.29, 1.82) is 5.26 Å². The molecule has 1 aromatic heterocycles. The van der Waals surface area contributed by atoms with Gasteiger partial charge >= 0.3 is 0 Å². The molecule has 0 saturated carbocycles. The molecule has 3 nitrogen and oxygen atoms in total. The fourth-order valence-corrected chi connectivity index (χ4v) is 2.09. The molecule has 1 N–H and O–H groups in total. The molecular formula is C12H7NO2S. The van der Waals surface area contributed by atoms with Crippen molar-refractivity contribution in [2.24, 2.45) is 0 Å². The second kappa shape index (κ2) is 4.17. The highest BCUT2D eigenvalue weighted by molar-refractivity contribution is 7.12. The number of nitriles is 1. The average molecular weight is 229 g/mol. The van der Waals surface area contributed by atoms with Crippen molar-refractivity contribution >= 4 is 17.6 Å². The zero-order valence-corrected chi connectivity index (χ0v) is 8.99. The third-order valence-corrected chi connectivity index (χ3v) is 3.05. The maximum absolute atomic E-state index is 10.5. The number of hydrogen-bond donors (Lipinski definition) is 1. The van der Waals surface area contributed by atoms with Gasteiger partial charge in [0.05, 0.1) is 10.4 Å². The summed E-state index contributed by atoms with van der Waals surface area (Å²) in [6, 6.07) is 8.46. The van der Waals surface area contributed by atoms with E-state index in [-0.39, 0.29) is 11.3 Å². The normalized spacial score (nSPS) is 9.69. The molecule has 0 aliphatic rings. The van der Waals surface area contributed by atoms with Crippen molar-refractivity contribution < 1.29 is 9.90 Å². The van der Waals surface area contributed by atoms with Gasteiger partial charge in [0.15, 0.2) is 6.29 Å². The Kier molecular flexibility index (Phi) is 2.71. The monoisotopic (exact) mass is 229 g/mol. The van der Waals surface area contributed by atoms with Gasteiger partial charge in [0.1, 0.15) is 11.8 Å². The van der Waals surface area contributed by atoms with Crippen molar-refractivity contribution in [2.45, 2.75) is 0 Å². The first kappa shape index (κ1) is 10.4. The summed E-state index contributed by atoms with van der Waals surface area (Å²) in [7, 11) is 0. The highest BCUT2D eigenvalue weighted by Gasteiger charge is 2.05. The summed E-state index contributed by atoms with van der Waals surface area (Å²) in [6.07, 6.45) is 0.789.